The topological polar surface area (TPSA) is 88.3 Å². The largest absolute Gasteiger partial charge is 0.495 e. The van der Waals surface area contributed by atoms with E-state index >= 15 is 0 Å². The first-order valence-corrected chi connectivity index (χ1v) is 11.0. The highest BCUT2D eigenvalue weighted by Gasteiger charge is 2.18. The highest BCUT2D eigenvalue weighted by molar-refractivity contribution is 6.32. The molecule has 0 spiro atoms. The van der Waals surface area contributed by atoms with Crippen LogP contribution in [0.25, 0.3) is 11.0 Å². The molecule has 0 aliphatic carbocycles. The second-order valence-electron chi connectivity index (χ2n) is 7.42. The standard InChI is InChI=1S/C22H31ClN6O2/c1-5-7-17-20-21(28(3)27-17)22(26-19(25-20)14-29(6-2)10-11-30)24-13-15-8-9-18(31-4)16(23)12-15/h8-9,12,30H,5-7,10-11,13-14H2,1-4H3,(H,24,25,26). The summed E-state index contributed by atoms with van der Waals surface area (Å²) in [7, 11) is 3.52. The molecule has 0 radical (unpaired) electrons. The molecule has 0 atom stereocenters. The van der Waals surface area contributed by atoms with Crippen molar-refractivity contribution in [3.8, 4) is 5.75 Å². The Morgan fingerprint density at radius 1 is 1.26 bits per heavy atom. The van der Waals surface area contributed by atoms with Crippen molar-refractivity contribution in [1.82, 2.24) is 24.6 Å². The van der Waals surface area contributed by atoms with Crippen molar-refractivity contribution in [3.05, 3.63) is 40.3 Å². The number of rotatable bonds is 11. The number of nitrogens with one attached hydrogen (secondary N) is 1. The number of likely N-dealkylation sites (N-methyl/N-ethyl adjacent to an activating group) is 1. The predicted octanol–water partition coefficient (Wildman–Crippen LogP) is 3.40. The van der Waals surface area contributed by atoms with Gasteiger partial charge >= 0.3 is 0 Å². The van der Waals surface area contributed by atoms with E-state index in [4.69, 9.17) is 31.4 Å². The molecule has 0 saturated heterocycles. The molecule has 9 heteroatoms. The minimum atomic E-state index is 0.105. The molecule has 168 valence electrons. The van der Waals surface area contributed by atoms with Crippen molar-refractivity contribution in [2.75, 3.05) is 32.1 Å². The van der Waals surface area contributed by atoms with Gasteiger partial charge in [0, 0.05) is 20.1 Å². The smallest absolute Gasteiger partial charge is 0.156 e. The Morgan fingerprint density at radius 3 is 2.71 bits per heavy atom. The lowest BCUT2D eigenvalue weighted by molar-refractivity contribution is 0.194. The van der Waals surface area contributed by atoms with E-state index in [1.807, 2.05) is 29.9 Å². The molecule has 0 aliphatic rings. The molecule has 31 heavy (non-hydrogen) atoms. The van der Waals surface area contributed by atoms with E-state index in [1.54, 1.807) is 7.11 Å². The first kappa shape index (κ1) is 23.2. The SMILES string of the molecule is CCCc1nn(C)c2c(NCc3ccc(OC)c(Cl)c3)nc(CN(CC)CCO)nc12. The molecule has 0 fully saturated rings. The van der Waals surface area contributed by atoms with Gasteiger partial charge in [-0.05, 0) is 30.7 Å². The van der Waals surface area contributed by atoms with Crippen molar-refractivity contribution in [2.24, 2.45) is 7.05 Å². The average Bonchev–Trinajstić information content (AvgIpc) is 3.07. The summed E-state index contributed by atoms with van der Waals surface area (Å²) in [6.45, 7) is 6.81. The molecule has 0 aliphatic heterocycles. The number of benzene rings is 1. The van der Waals surface area contributed by atoms with Crippen LogP contribution in [0.1, 0.15) is 37.4 Å². The quantitative estimate of drug-likeness (QED) is 0.466. The highest BCUT2D eigenvalue weighted by Crippen LogP contribution is 2.27. The molecule has 0 amide bonds. The number of nitrogens with zero attached hydrogens (tertiary/aromatic N) is 5. The molecule has 8 nitrogen and oxygen atoms in total. The molecule has 0 saturated carbocycles. The van der Waals surface area contributed by atoms with Gasteiger partial charge in [0.05, 0.1) is 31.0 Å². The van der Waals surface area contributed by atoms with Crippen LogP contribution >= 0.6 is 11.6 Å². The summed E-state index contributed by atoms with van der Waals surface area (Å²) in [6.07, 6.45) is 1.85. The molecular weight excluding hydrogens is 416 g/mol. The minimum Gasteiger partial charge on any atom is -0.495 e. The number of aryl methyl sites for hydroxylation is 2. The van der Waals surface area contributed by atoms with Crippen molar-refractivity contribution in [3.63, 3.8) is 0 Å². The van der Waals surface area contributed by atoms with Crippen LogP contribution in [0.5, 0.6) is 5.75 Å². The van der Waals surface area contributed by atoms with E-state index in [9.17, 15) is 5.11 Å². The van der Waals surface area contributed by atoms with E-state index in [-0.39, 0.29) is 6.61 Å². The second kappa shape index (κ2) is 10.7. The van der Waals surface area contributed by atoms with Crippen LogP contribution in [0.3, 0.4) is 0 Å². The number of hydrogen-bond donors (Lipinski definition) is 2. The van der Waals surface area contributed by atoms with E-state index in [0.29, 0.717) is 36.2 Å². The zero-order valence-electron chi connectivity index (χ0n) is 18.7. The molecule has 0 bridgehead atoms. The van der Waals surface area contributed by atoms with Gasteiger partial charge in [0.25, 0.3) is 0 Å². The zero-order chi connectivity index (χ0) is 22.4. The number of fused-ring (bicyclic) bond motifs is 1. The minimum absolute atomic E-state index is 0.105. The van der Waals surface area contributed by atoms with Gasteiger partial charge in [-0.25, -0.2) is 9.97 Å². The van der Waals surface area contributed by atoms with E-state index in [2.05, 4.69) is 24.1 Å². The van der Waals surface area contributed by atoms with Crippen LogP contribution < -0.4 is 10.1 Å². The number of hydrogen-bond acceptors (Lipinski definition) is 7. The van der Waals surface area contributed by atoms with Crippen molar-refractivity contribution in [1.29, 1.82) is 0 Å². The number of methoxy groups -OCH3 is 1. The molecule has 3 aromatic rings. The van der Waals surface area contributed by atoms with Crippen LogP contribution in [0.15, 0.2) is 18.2 Å². The number of aromatic nitrogens is 4. The van der Waals surface area contributed by atoms with Crippen LogP contribution in [0, 0.1) is 0 Å². The van der Waals surface area contributed by atoms with Gasteiger partial charge in [-0.3, -0.25) is 9.58 Å². The van der Waals surface area contributed by atoms with Crippen LogP contribution in [0.4, 0.5) is 5.82 Å². The molecule has 1 aromatic carbocycles. The van der Waals surface area contributed by atoms with Gasteiger partial charge in [-0.15, -0.1) is 0 Å². The molecule has 2 heterocycles. The molecular formula is C22H31ClN6O2. The fourth-order valence-electron chi connectivity index (χ4n) is 3.58. The maximum atomic E-state index is 9.33. The maximum absolute atomic E-state index is 9.33. The summed E-state index contributed by atoms with van der Waals surface area (Å²) >= 11 is 6.28. The van der Waals surface area contributed by atoms with Gasteiger partial charge in [0.1, 0.15) is 22.6 Å². The normalized spacial score (nSPS) is 11.5. The van der Waals surface area contributed by atoms with Crippen molar-refractivity contribution in [2.45, 2.75) is 39.8 Å². The number of aliphatic hydroxyl groups excluding tert-OH is 1. The lowest BCUT2D eigenvalue weighted by Crippen LogP contribution is -2.27. The summed E-state index contributed by atoms with van der Waals surface area (Å²) in [5.41, 5.74) is 3.76. The number of aliphatic hydroxyl groups is 1. The lowest BCUT2D eigenvalue weighted by atomic mass is 10.2. The molecule has 3 rings (SSSR count). The summed E-state index contributed by atoms with van der Waals surface area (Å²) in [6, 6.07) is 5.72. The van der Waals surface area contributed by atoms with Crippen LogP contribution in [0.2, 0.25) is 5.02 Å². The van der Waals surface area contributed by atoms with Crippen molar-refractivity contribution >= 4 is 28.5 Å². The third-order valence-electron chi connectivity index (χ3n) is 5.19. The lowest BCUT2D eigenvalue weighted by Gasteiger charge is -2.18. The monoisotopic (exact) mass is 446 g/mol. The highest BCUT2D eigenvalue weighted by atomic mass is 35.5. The number of halogens is 1. The second-order valence-corrected chi connectivity index (χ2v) is 7.83. The van der Waals surface area contributed by atoms with Gasteiger partial charge in [-0.2, -0.15) is 5.10 Å². The molecule has 2 N–H and O–H groups in total. The third-order valence-corrected chi connectivity index (χ3v) is 5.48. The van der Waals surface area contributed by atoms with Gasteiger partial charge in [0.15, 0.2) is 5.82 Å². The first-order valence-electron chi connectivity index (χ1n) is 10.6. The Balaban J connectivity index is 1.96. The Morgan fingerprint density at radius 2 is 2.06 bits per heavy atom. The van der Waals surface area contributed by atoms with Crippen molar-refractivity contribution < 1.29 is 9.84 Å². The summed E-state index contributed by atoms with van der Waals surface area (Å²) in [5.74, 6) is 2.10. The molecule has 2 aromatic heterocycles. The van der Waals surface area contributed by atoms with Crippen LogP contribution in [-0.4, -0.2) is 56.6 Å². The van der Waals surface area contributed by atoms with E-state index in [1.165, 1.54) is 0 Å². The van der Waals surface area contributed by atoms with Gasteiger partial charge < -0.3 is 15.2 Å². The maximum Gasteiger partial charge on any atom is 0.156 e. The summed E-state index contributed by atoms with van der Waals surface area (Å²) in [5, 5.41) is 18.0. The van der Waals surface area contributed by atoms with E-state index in [0.717, 1.165) is 47.5 Å². The number of ether oxygens (including phenoxy) is 1. The fourth-order valence-corrected chi connectivity index (χ4v) is 3.86. The average molecular weight is 447 g/mol. The predicted molar refractivity (Wildman–Crippen MR) is 124 cm³/mol. The van der Waals surface area contributed by atoms with Crippen LogP contribution in [-0.2, 0) is 26.6 Å². The van der Waals surface area contributed by atoms with E-state index < -0.39 is 0 Å². The van der Waals surface area contributed by atoms with Gasteiger partial charge in [0.2, 0.25) is 0 Å². The first-order chi connectivity index (χ1) is 15.0. The Hall–Kier alpha value is -2.42. The Bertz CT molecular complexity index is 1020. The Labute approximate surface area is 188 Å². The third kappa shape index (κ3) is 5.44. The summed E-state index contributed by atoms with van der Waals surface area (Å²) in [4.78, 5) is 11.8. The fraction of sp³-hybridized carbons (Fsp3) is 0.500. The number of anilines is 1. The Kier molecular flexibility index (Phi) is 8.06. The van der Waals surface area contributed by atoms with Gasteiger partial charge in [-0.1, -0.05) is 37.9 Å². The summed E-state index contributed by atoms with van der Waals surface area (Å²) < 4.78 is 7.08. The zero-order valence-corrected chi connectivity index (χ0v) is 19.4. The molecule has 0 unspecified atom stereocenters.